The molecule has 0 aliphatic rings. The first-order chi connectivity index (χ1) is 6.74. The second-order valence-corrected chi connectivity index (χ2v) is 4.48. The molecular formula is C12H21IO. The molecule has 0 bridgehead atoms. The first kappa shape index (κ1) is 14.2. The first-order valence-corrected chi connectivity index (χ1v) is 6.54. The Morgan fingerprint density at radius 1 is 1.29 bits per heavy atom. The molecule has 0 aromatic heterocycles. The van der Waals surface area contributed by atoms with Gasteiger partial charge in [0.2, 0.25) is 0 Å². The molecular weight excluding hydrogens is 287 g/mol. The van der Waals surface area contributed by atoms with Crippen LogP contribution < -0.4 is 0 Å². The Labute approximate surface area is 102 Å². The van der Waals surface area contributed by atoms with Crippen LogP contribution in [0.4, 0.5) is 0 Å². The van der Waals surface area contributed by atoms with Gasteiger partial charge in [-0.25, -0.2) is 0 Å². The van der Waals surface area contributed by atoms with E-state index in [9.17, 15) is 0 Å². The van der Waals surface area contributed by atoms with Crippen molar-refractivity contribution in [1.82, 2.24) is 0 Å². The lowest BCUT2D eigenvalue weighted by atomic mass is 9.79. The highest BCUT2D eigenvalue weighted by Crippen LogP contribution is 2.35. The number of allylic oxidation sites excluding steroid dienone is 2. The van der Waals surface area contributed by atoms with Gasteiger partial charge in [0.05, 0.1) is 0 Å². The standard InChI is InChI=1S/C12H21IO/c1-4-7-12(11-13,8-5-2)9-6-10-14-3/h4-5H,1-2,6-11H2,3H3. The van der Waals surface area contributed by atoms with E-state index in [1.54, 1.807) is 7.11 Å². The Hall–Kier alpha value is 0.170. The minimum absolute atomic E-state index is 0.364. The van der Waals surface area contributed by atoms with Crippen molar-refractivity contribution in [1.29, 1.82) is 0 Å². The lowest BCUT2D eigenvalue weighted by Gasteiger charge is -2.29. The molecule has 0 radical (unpaired) electrons. The summed E-state index contributed by atoms with van der Waals surface area (Å²) < 4.78 is 6.24. The fraction of sp³-hybridized carbons (Fsp3) is 0.667. The summed E-state index contributed by atoms with van der Waals surface area (Å²) in [5.74, 6) is 0. The van der Waals surface area contributed by atoms with Crippen LogP contribution in [0.5, 0.6) is 0 Å². The molecule has 0 saturated heterocycles. The van der Waals surface area contributed by atoms with Gasteiger partial charge in [-0.05, 0) is 31.1 Å². The van der Waals surface area contributed by atoms with Crippen LogP contribution in [0, 0.1) is 5.41 Å². The van der Waals surface area contributed by atoms with Crippen molar-refractivity contribution in [3.8, 4) is 0 Å². The summed E-state index contributed by atoms with van der Waals surface area (Å²) in [7, 11) is 1.76. The molecule has 0 unspecified atom stereocenters. The summed E-state index contributed by atoms with van der Waals surface area (Å²) in [4.78, 5) is 0. The van der Waals surface area contributed by atoms with E-state index in [2.05, 4.69) is 35.7 Å². The maximum Gasteiger partial charge on any atom is 0.0462 e. The van der Waals surface area contributed by atoms with Crippen LogP contribution >= 0.6 is 22.6 Å². The number of rotatable bonds is 9. The van der Waals surface area contributed by atoms with Crippen LogP contribution in [0.15, 0.2) is 25.3 Å². The third-order valence-electron chi connectivity index (χ3n) is 2.49. The summed E-state index contributed by atoms with van der Waals surface area (Å²) in [6.45, 7) is 8.52. The third kappa shape index (κ3) is 5.15. The Kier molecular flexibility index (Phi) is 8.58. The van der Waals surface area contributed by atoms with Crippen molar-refractivity contribution in [3.05, 3.63) is 25.3 Å². The molecule has 0 N–H and O–H groups in total. The van der Waals surface area contributed by atoms with E-state index >= 15 is 0 Å². The summed E-state index contributed by atoms with van der Waals surface area (Å²) in [6.07, 6.45) is 8.52. The Balaban J connectivity index is 4.16. The van der Waals surface area contributed by atoms with Crippen LogP contribution in [0.2, 0.25) is 0 Å². The van der Waals surface area contributed by atoms with E-state index in [-0.39, 0.29) is 0 Å². The van der Waals surface area contributed by atoms with Gasteiger partial charge in [0.15, 0.2) is 0 Å². The summed E-state index contributed by atoms with van der Waals surface area (Å²) >= 11 is 2.46. The molecule has 1 nitrogen and oxygen atoms in total. The average Bonchev–Trinajstić information content (AvgIpc) is 2.19. The van der Waals surface area contributed by atoms with Gasteiger partial charge >= 0.3 is 0 Å². The molecule has 0 aliphatic carbocycles. The average molecular weight is 308 g/mol. The zero-order chi connectivity index (χ0) is 10.9. The highest BCUT2D eigenvalue weighted by Gasteiger charge is 2.25. The molecule has 2 heteroatoms. The molecule has 0 saturated carbocycles. The van der Waals surface area contributed by atoms with Crippen molar-refractivity contribution in [3.63, 3.8) is 0 Å². The van der Waals surface area contributed by atoms with Gasteiger partial charge in [-0.3, -0.25) is 0 Å². The maximum absolute atomic E-state index is 5.08. The smallest absolute Gasteiger partial charge is 0.0462 e. The molecule has 82 valence electrons. The van der Waals surface area contributed by atoms with Crippen LogP contribution in [0.1, 0.15) is 25.7 Å². The van der Waals surface area contributed by atoms with Crippen molar-refractivity contribution in [2.75, 3.05) is 18.1 Å². The topological polar surface area (TPSA) is 9.23 Å². The van der Waals surface area contributed by atoms with Crippen molar-refractivity contribution in [2.45, 2.75) is 25.7 Å². The van der Waals surface area contributed by atoms with Crippen LogP contribution in [0.25, 0.3) is 0 Å². The number of hydrogen-bond acceptors (Lipinski definition) is 1. The highest BCUT2D eigenvalue weighted by atomic mass is 127. The molecule has 0 spiro atoms. The van der Waals surface area contributed by atoms with Gasteiger partial charge in [-0.2, -0.15) is 0 Å². The van der Waals surface area contributed by atoms with Crippen LogP contribution in [0.3, 0.4) is 0 Å². The van der Waals surface area contributed by atoms with Gasteiger partial charge in [0.25, 0.3) is 0 Å². The van der Waals surface area contributed by atoms with Crippen molar-refractivity contribution >= 4 is 22.6 Å². The van der Waals surface area contributed by atoms with Crippen molar-refractivity contribution < 1.29 is 4.74 Å². The normalized spacial score (nSPS) is 11.3. The highest BCUT2D eigenvalue weighted by molar-refractivity contribution is 14.1. The van der Waals surface area contributed by atoms with E-state index < -0.39 is 0 Å². The number of halogens is 1. The van der Waals surface area contributed by atoms with Gasteiger partial charge in [0, 0.05) is 18.1 Å². The SMILES string of the molecule is C=CCC(CI)(CC=C)CCCOC. The Morgan fingerprint density at radius 2 is 1.86 bits per heavy atom. The van der Waals surface area contributed by atoms with Gasteiger partial charge in [-0.15, -0.1) is 13.2 Å². The van der Waals surface area contributed by atoms with Gasteiger partial charge in [0.1, 0.15) is 0 Å². The summed E-state index contributed by atoms with van der Waals surface area (Å²) in [6, 6.07) is 0. The minimum atomic E-state index is 0.364. The molecule has 0 aromatic carbocycles. The van der Waals surface area contributed by atoms with Gasteiger partial charge < -0.3 is 4.74 Å². The van der Waals surface area contributed by atoms with E-state index in [1.165, 1.54) is 6.42 Å². The third-order valence-corrected chi connectivity index (χ3v) is 4.11. The number of alkyl halides is 1. The van der Waals surface area contributed by atoms with E-state index in [4.69, 9.17) is 4.74 Å². The maximum atomic E-state index is 5.08. The fourth-order valence-corrected chi connectivity index (χ4v) is 2.67. The molecule has 0 amide bonds. The second-order valence-electron chi connectivity index (χ2n) is 3.72. The first-order valence-electron chi connectivity index (χ1n) is 5.01. The fourth-order valence-electron chi connectivity index (χ4n) is 1.67. The predicted octanol–water partition coefficient (Wildman–Crippen LogP) is 3.99. The summed E-state index contributed by atoms with van der Waals surface area (Å²) in [5, 5.41) is 0. The van der Waals surface area contributed by atoms with Crippen LogP contribution in [-0.4, -0.2) is 18.1 Å². The monoisotopic (exact) mass is 308 g/mol. The number of ether oxygens (including phenoxy) is 1. The zero-order valence-electron chi connectivity index (χ0n) is 9.10. The Morgan fingerprint density at radius 3 is 2.21 bits per heavy atom. The van der Waals surface area contributed by atoms with E-state index in [0.717, 1.165) is 30.3 Å². The molecule has 0 aromatic rings. The quantitative estimate of drug-likeness (QED) is 0.271. The van der Waals surface area contributed by atoms with Crippen LogP contribution in [-0.2, 0) is 4.74 Å². The number of hydrogen-bond donors (Lipinski definition) is 0. The van der Waals surface area contributed by atoms with E-state index in [0.29, 0.717) is 5.41 Å². The summed E-state index contributed by atoms with van der Waals surface area (Å²) in [5.41, 5.74) is 0.364. The lowest BCUT2D eigenvalue weighted by Crippen LogP contribution is -2.21. The molecule has 0 fully saturated rings. The van der Waals surface area contributed by atoms with Gasteiger partial charge in [-0.1, -0.05) is 34.7 Å². The molecule has 0 heterocycles. The molecule has 0 atom stereocenters. The predicted molar refractivity (Wildman–Crippen MR) is 72.1 cm³/mol. The number of methoxy groups -OCH3 is 1. The molecule has 0 rings (SSSR count). The molecule has 0 aliphatic heterocycles. The Bertz CT molecular complexity index is 156. The second kappa shape index (κ2) is 8.48. The minimum Gasteiger partial charge on any atom is -0.385 e. The van der Waals surface area contributed by atoms with Crippen molar-refractivity contribution in [2.24, 2.45) is 5.41 Å². The molecule has 14 heavy (non-hydrogen) atoms. The lowest BCUT2D eigenvalue weighted by molar-refractivity contribution is 0.173. The largest absolute Gasteiger partial charge is 0.385 e. The van der Waals surface area contributed by atoms with E-state index in [1.807, 2.05) is 12.2 Å². The zero-order valence-corrected chi connectivity index (χ0v) is 11.3.